The second-order valence-electron chi connectivity index (χ2n) is 4.89. The topological polar surface area (TPSA) is 66.9 Å². The maximum absolute atomic E-state index is 11.7. The number of anilines is 1. The third kappa shape index (κ3) is 5.60. The Balaban J connectivity index is 1.59. The molecule has 5 nitrogen and oxygen atoms in total. The lowest BCUT2D eigenvalue weighted by atomic mass is 10.2. The predicted molar refractivity (Wildman–Crippen MR) is 83.0 cm³/mol. The number of pyridine rings is 2. The summed E-state index contributed by atoms with van der Waals surface area (Å²) < 4.78 is 0. The standard InChI is InChI=1S/C16H20N4O/c1-13-5-6-15(20-11-13)18-8-3-9-19-16(21)10-14-4-2-7-17-12-14/h2,4-7,11-12H,3,8-10H2,1H3,(H,18,20)(H,19,21). The zero-order valence-electron chi connectivity index (χ0n) is 12.2. The van der Waals surface area contributed by atoms with Crippen LogP contribution in [0.5, 0.6) is 0 Å². The molecule has 0 unspecified atom stereocenters. The summed E-state index contributed by atoms with van der Waals surface area (Å²) in [5.41, 5.74) is 2.07. The Morgan fingerprint density at radius 2 is 2.10 bits per heavy atom. The van der Waals surface area contributed by atoms with Crippen LogP contribution in [-0.4, -0.2) is 29.0 Å². The molecular formula is C16H20N4O. The fourth-order valence-electron chi connectivity index (χ4n) is 1.86. The summed E-state index contributed by atoms with van der Waals surface area (Å²) >= 11 is 0. The van der Waals surface area contributed by atoms with Crippen LogP contribution in [0.1, 0.15) is 17.5 Å². The quantitative estimate of drug-likeness (QED) is 0.763. The summed E-state index contributed by atoms with van der Waals surface area (Å²) in [5.74, 6) is 0.888. The van der Waals surface area contributed by atoms with Crippen LogP contribution in [-0.2, 0) is 11.2 Å². The molecule has 1 amide bonds. The molecule has 2 heterocycles. The van der Waals surface area contributed by atoms with Gasteiger partial charge in [-0.15, -0.1) is 0 Å². The smallest absolute Gasteiger partial charge is 0.224 e. The molecule has 0 radical (unpaired) electrons. The van der Waals surface area contributed by atoms with Gasteiger partial charge in [0.1, 0.15) is 5.82 Å². The first-order chi connectivity index (χ1) is 10.2. The lowest BCUT2D eigenvalue weighted by molar-refractivity contribution is -0.120. The van der Waals surface area contributed by atoms with Crippen molar-refractivity contribution in [1.29, 1.82) is 0 Å². The molecule has 2 aromatic rings. The van der Waals surface area contributed by atoms with Crippen LogP contribution in [0.2, 0.25) is 0 Å². The lowest BCUT2D eigenvalue weighted by Gasteiger charge is -2.07. The Kier molecular flexibility index (Phi) is 5.70. The zero-order valence-corrected chi connectivity index (χ0v) is 12.2. The van der Waals surface area contributed by atoms with Gasteiger partial charge in [-0.3, -0.25) is 9.78 Å². The molecule has 0 fully saturated rings. The van der Waals surface area contributed by atoms with Gasteiger partial charge in [0.15, 0.2) is 0 Å². The first-order valence-electron chi connectivity index (χ1n) is 7.06. The van der Waals surface area contributed by atoms with Crippen molar-refractivity contribution >= 4 is 11.7 Å². The van der Waals surface area contributed by atoms with E-state index in [1.54, 1.807) is 12.4 Å². The number of nitrogens with one attached hydrogen (secondary N) is 2. The molecule has 0 spiro atoms. The highest BCUT2D eigenvalue weighted by atomic mass is 16.1. The number of amides is 1. The van der Waals surface area contributed by atoms with Gasteiger partial charge in [-0.05, 0) is 36.6 Å². The van der Waals surface area contributed by atoms with E-state index in [9.17, 15) is 4.79 Å². The number of nitrogens with zero attached hydrogens (tertiary/aromatic N) is 2. The number of carbonyl (C=O) groups excluding carboxylic acids is 1. The van der Waals surface area contributed by atoms with E-state index in [1.165, 1.54) is 0 Å². The van der Waals surface area contributed by atoms with Crippen LogP contribution in [0.15, 0.2) is 42.9 Å². The fourth-order valence-corrected chi connectivity index (χ4v) is 1.86. The molecule has 0 aliphatic rings. The number of aromatic nitrogens is 2. The molecule has 0 bridgehead atoms. The minimum atomic E-state index is 0.0245. The Morgan fingerprint density at radius 1 is 1.19 bits per heavy atom. The normalized spacial score (nSPS) is 10.1. The van der Waals surface area contributed by atoms with Crippen LogP contribution in [0.25, 0.3) is 0 Å². The average Bonchev–Trinajstić information content (AvgIpc) is 2.50. The summed E-state index contributed by atoms with van der Waals surface area (Å²) in [6.07, 6.45) is 6.48. The Labute approximate surface area is 124 Å². The van der Waals surface area contributed by atoms with Gasteiger partial charge in [0.25, 0.3) is 0 Å². The summed E-state index contributed by atoms with van der Waals surface area (Å²) in [7, 11) is 0. The highest BCUT2D eigenvalue weighted by Gasteiger charge is 2.02. The largest absolute Gasteiger partial charge is 0.370 e. The van der Waals surface area contributed by atoms with E-state index in [0.29, 0.717) is 13.0 Å². The first kappa shape index (κ1) is 15.0. The van der Waals surface area contributed by atoms with Crippen LogP contribution in [0, 0.1) is 6.92 Å². The van der Waals surface area contributed by atoms with Gasteiger partial charge < -0.3 is 10.6 Å². The highest BCUT2D eigenvalue weighted by molar-refractivity contribution is 5.78. The van der Waals surface area contributed by atoms with E-state index < -0.39 is 0 Å². The second kappa shape index (κ2) is 7.99. The lowest BCUT2D eigenvalue weighted by Crippen LogP contribution is -2.27. The molecule has 2 aromatic heterocycles. The zero-order chi connectivity index (χ0) is 14.9. The Morgan fingerprint density at radius 3 is 2.81 bits per heavy atom. The maximum Gasteiger partial charge on any atom is 0.224 e. The van der Waals surface area contributed by atoms with Crippen molar-refractivity contribution in [3.63, 3.8) is 0 Å². The van der Waals surface area contributed by atoms with E-state index in [1.807, 2.05) is 37.4 Å². The molecule has 21 heavy (non-hydrogen) atoms. The molecule has 0 saturated carbocycles. The van der Waals surface area contributed by atoms with Gasteiger partial charge in [-0.2, -0.15) is 0 Å². The van der Waals surface area contributed by atoms with Crippen LogP contribution in [0.3, 0.4) is 0 Å². The number of hydrogen-bond donors (Lipinski definition) is 2. The van der Waals surface area contributed by atoms with Crippen molar-refractivity contribution in [2.75, 3.05) is 18.4 Å². The molecule has 0 aromatic carbocycles. The van der Waals surface area contributed by atoms with E-state index in [-0.39, 0.29) is 5.91 Å². The number of carbonyl (C=O) groups is 1. The van der Waals surface area contributed by atoms with Gasteiger partial charge in [-0.25, -0.2) is 4.98 Å². The molecule has 0 aliphatic heterocycles. The third-order valence-electron chi connectivity index (χ3n) is 2.98. The first-order valence-corrected chi connectivity index (χ1v) is 7.06. The van der Waals surface area contributed by atoms with E-state index in [2.05, 4.69) is 20.6 Å². The number of rotatable bonds is 7. The van der Waals surface area contributed by atoms with Gasteiger partial charge in [0, 0.05) is 31.7 Å². The third-order valence-corrected chi connectivity index (χ3v) is 2.98. The molecule has 0 aliphatic carbocycles. The van der Waals surface area contributed by atoms with Crippen molar-refractivity contribution in [3.8, 4) is 0 Å². The Bertz CT molecular complexity index is 554. The van der Waals surface area contributed by atoms with Crippen molar-refractivity contribution < 1.29 is 4.79 Å². The summed E-state index contributed by atoms with van der Waals surface area (Å²) in [6.45, 7) is 3.44. The van der Waals surface area contributed by atoms with E-state index in [4.69, 9.17) is 0 Å². The monoisotopic (exact) mass is 284 g/mol. The summed E-state index contributed by atoms with van der Waals surface area (Å²) in [5, 5.41) is 6.12. The van der Waals surface area contributed by atoms with Crippen LogP contribution < -0.4 is 10.6 Å². The molecule has 2 N–H and O–H groups in total. The van der Waals surface area contributed by atoms with Crippen LogP contribution >= 0.6 is 0 Å². The molecule has 2 rings (SSSR count). The molecule has 110 valence electrons. The van der Waals surface area contributed by atoms with Crippen molar-refractivity contribution in [2.45, 2.75) is 19.8 Å². The molecular weight excluding hydrogens is 264 g/mol. The summed E-state index contributed by atoms with van der Waals surface area (Å²) in [4.78, 5) is 20.0. The maximum atomic E-state index is 11.7. The van der Waals surface area contributed by atoms with Crippen LogP contribution in [0.4, 0.5) is 5.82 Å². The average molecular weight is 284 g/mol. The fraction of sp³-hybridized carbons (Fsp3) is 0.312. The number of hydrogen-bond acceptors (Lipinski definition) is 4. The highest BCUT2D eigenvalue weighted by Crippen LogP contribution is 2.03. The second-order valence-corrected chi connectivity index (χ2v) is 4.89. The van der Waals surface area contributed by atoms with Crippen molar-refractivity contribution in [3.05, 3.63) is 54.0 Å². The van der Waals surface area contributed by atoms with Crippen molar-refractivity contribution in [2.24, 2.45) is 0 Å². The van der Waals surface area contributed by atoms with Crippen molar-refractivity contribution in [1.82, 2.24) is 15.3 Å². The Hall–Kier alpha value is -2.43. The van der Waals surface area contributed by atoms with E-state index in [0.717, 1.165) is 29.9 Å². The minimum absolute atomic E-state index is 0.0245. The van der Waals surface area contributed by atoms with Gasteiger partial charge in [-0.1, -0.05) is 12.1 Å². The predicted octanol–water partition coefficient (Wildman–Crippen LogP) is 1.95. The van der Waals surface area contributed by atoms with E-state index >= 15 is 0 Å². The molecule has 0 atom stereocenters. The molecule has 0 saturated heterocycles. The summed E-state index contributed by atoms with van der Waals surface area (Å²) in [6, 6.07) is 7.71. The SMILES string of the molecule is Cc1ccc(NCCCNC(=O)Cc2cccnc2)nc1. The van der Waals surface area contributed by atoms with Gasteiger partial charge in [0.05, 0.1) is 6.42 Å². The van der Waals surface area contributed by atoms with Gasteiger partial charge >= 0.3 is 0 Å². The molecule has 5 heteroatoms. The number of aryl methyl sites for hydroxylation is 1. The van der Waals surface area contributed by atoms with Gasteiger partial charge in [0.2, 0.25) is 5.91 Å². The minimum Gasteiger partial charge on any atom is -0.370 e.